The van der Waals surface area contributed by atoms with Crippen molar-refractivity contribution < 1.29 is 9.53 Å². The van der Waals surface area contributed by atoms with E-state index in [2.05, 4.69) is 10.3 Å². The fourth-order valence-electron chi connectivity index (χ4n) is 3.64. The molecule has 30 heavy (non-hydrogen) atoms. The van der Waals surface area contributed by atoms with Crippen molar-refractivity contribution >= 4 is 11.6 Å². The van der Waals surface area contributed by atoms with Gasteiger partial charge in [0.05, 0.1) is 25.0 Å². The van der Waals surface area contributed by atoms with Gasteiger partial charge in [-0.25, -0.2) is 4.68 Å². The standard InChI is InChI=1S/C24H20N4O2/c29-24-23(19-11-5-2-6-12-19)30-22-14-8-7-13-21(22)28(24)17-20-16-27(26-25-20)15-18-9-3-1-4-10-18/h1-14,16,23H,15,17H2. The third-order valence-electron chi connectivity index (χ3n) is 5.09. The summed E-state index contributed by atoms with van der Waals surface area (Å²) in [6.07, 6.45) is 1.20. The summed E-state index contributed by atoms with van der Waals surface area (Å²) in [5.41, 5.74) is 3.44. The molecule has 148 valence electrons. The van der Waals surface area contributed by atoms with Gasteiger partial charge in [-0.15, -0.1) is 5.10 Å². The molecule has 1 aliphatic heterocycles. The average Bonchev–Trinajstić information content (AvgIpc) is 3.23. The first-order valence-electron chi connectivity index (χ1n) is 9.83. The first-order chi connectivity index (χ1) is 14.8. The van der Waals surface area contributed by atoms with Crippen LogP contribution in [0, 0.1) is 0 Å². The lowest BCUT2D eigenvalue weighted by molar-refractivity contribution is -0.126. The van der Waals surface area contributed by atoms with Crippen LogP contribution in [0.4, 0.5) is 5.69 Å². The number of benzene rings is 3. The maximum absolute atomic E-state index is 13.3. The number of fused-ring (bicyclic) bond motifs is 1. The lowest BCUT2D eigenvalue weighted by Gasteiger charge is -2.34. The maximum Gasteiger partial charge on any atom is 0.273 e. The summed E-state index contributed by atoms with van der Waals surface area (Å²) in [5.74, 6) is 0.570. The highest BCUT2D eigenvalue weighted by Crippen LogP contribution is 2.39. The summed E-state index contributed by atoms with van der Waals surface area (Å²) < 4.78 is 7.84. The van der Waals surface area contributed by atoms with Crippen LogP contribution in [0.2, 0.25) is 0 Å². The van der Waals surface area contributed by atoms with E-state index in [1.807, 2.05) is 91.1 Å². The highest BCUT2D eigenvalue weighted by Gasteiger charge is 2.35. The van der Waals surface area contributed by atoms with Gasteiger partial charge in [0.2, 0.25) is 6.10 Å². The van der Waals surface area contributed by atoms with E-state index in [0.717, 1.165) is 22.5 Å². The molecule has 1 amide bonds. The smallest absolute Gasteiger partial charge is 0.273 e. The van der Waals surface area contributed by atoms with Gasteiger partial charge in [-0.3, -0.25) is 9.69 Å². The van der Waals surface area contributed by atoms with Gasteiger partial charge in [0.15, 0.2) is 0 Å². The number of carbonyl (C=O) groups is 1. The van der Waals surface area contributed by atoms with E-state index in [-0.39, 0.29) is 5.91 Å². The third kappa shape index (κ3) is 3.55. The Balaban J connectivity index is 1.42. The molecular weight excluding hydrogens is 376 g/mol. The second kappa shape index (κ2) is 7.83. The van der Waals surface area contributed by atoms with Crippen molar-refractivity contribution in [2.24, 2.45) is 0 Å². The van der Waals surface area contributed by atoms with Crippen LogP contribution < -0.4 is 9.64 Å². The highest BCUT2D eigenvalue weighted by atomic mass is 16.5. The summed E-state index contributed by atoms with van der Waals surface area (Å²) in [6, 6.07) is 27.2. The number of carbonyl (C=O) groups excluding carboxylic acids is 1. The van der Waals surface area contributed by atoms with Crippen molar-refractivity contribution in [1.82, 2.24) is 15.0 Å². The van der Waals surface area contributed by atoms with Crippen molar-refractivity contribution in [2.45, 2.75) is 19.2 Å². The normalized spacial score (nSPS) is 15.5. The molecule has 1 aromatic heterocycles. The van der Waals surface area contributed by atoms with Gasteiger partial charge >= 0.3 is 0 Å². The van der Waals surface area contributed by atoms with E-state index < -0.39 is 6.10 Å². The fraction of sp³-hybridized carbons (Fsp3) is 0.125. The minimum absolute atomic E-state index is 0.113. The largest absolute Gasteiger partial charge is 0.474 e. The summed E-state index contributed by atoms with van der Waals surface area (Å²) in [5, 5.41) is 8.52. The van der Waals surface area contributed by atoms with Crippen LogP contribution in [-0.4, -0.2) is 20.9 Å². The fourth-order valence-corrected chi connectivity index (χ4v) is 3.64. The molecule has 0 saturated carbocycles. The molecule has 0 N–H and O–H groups in total. The number of aromatic nitrogens is 3. The summed E-state index contributed by atoms with van der Waals surface area (Å²) in [7, 11) is 0. The summed E-state index contributed by atoms with van der Waals surface area (Å²) in [4.78, 5) is 15.1. The van der Waals surface area contributed by atoms with Crippen molar-refractivity contribution in [3.63, 3.8) is 0 Å². The van der Waals surface area contributed by atoms with Gasteiger partial charge in [-0.1, -0.05) is 78.0 Å². The minimum Gasteiger partial charge on any atom is -0.474 e. The molecular formula is C24H20N4O2. The Kier molecular flexibility index (Phi) is 4.73. The van der Waals surface area contributed by atoms with E-state index in [0.29, 0.717) is 18.8 Å². The van der Waals surface area contributed by atoms with E-state index in [1.165, 1.54) is 0 Å². The molecule has 1 unspecified atom stereocenters. The van der Waals surface area contributed by atoms with Crippen LogP contribution >= 0.6 is 0 Å². The predicted molar refractivity (Wildman–Crippen MR) is 113 cm³/mol. The van der Waals surface area contributed by atoms with Gasteiger partial charge in [0.1, 0.15) is 11.4 Å². The van der Waals surface area contributed by atoms with E-state index >= 15 is 0 Å². The average molecular weight is 396 g/mol. The summed E-state index contributed by atoms with van der Waals surface area (Å²) >= 11 is 0. The van der Waals surface area contributed by atoms with Crippen molar-refractivity contribution in [3.8, 4) is 5.75 Å². The number of anilines is 1. The molecule has 0 aliphatic carbocycles. The van der Waals surface area contributed by atoms with E-state index in [4.69, 9.17) is 4.74 Å². The van der Waals surface area contributed by atoms with Crippen LogP contribution in [0.5, 0.6) is 5.75 Å². The SMILES string of the molecule is O=C1C(c2ccccc2)Oc2ccccc2N1Cc1cn(Cc2ccccc2)nn1. The first kappa shape index (κ1) is 18.1. The lowest BCUT2D eigenvalue weighted by Crippen LogP contribution is -2.40. The molecule has 4 aromatic rings. The molecule has 0 saturated heterocycles. The second-order valence-electron chi connectivity index (χ2n) is 7.19. The second-order valence-corrected chi connectivity index (χ2v) is 7.19. The molecule has 5 rings (SSSR count). The highest BCUT2D eigenvalue weighted by molar-refractivity contribution is 6.00. The zero-order valence-corrected chi connectivity index (χ0v) is 16.3. The Morgan fingerprint density at radius 3 is 2.33 bits per heavy atom. The van der Waals surface area contributed by atoms with Crippen LogP contribution in [0.1, 0.15) is 22.9 Å². The topological polar surface area (TPSA) is 60.2 Å². The number of para-hydroxylation sites is 2. The lowest BCUT2D eigenvalue weighted by atomic mass is 10.1. The third-order valence-corrected chi connectivity index (χ3v) is 5.09. The maximum atomic E-state index is 13.3. The van der Waals surface area contributed by atoms with E-state index in [9.17, 15) is 4.79 Å². The van der Waals surface area contributed by atoms with Crippen LogP contribution in [0.15, 0.2) is 91.1 Å². The molecule has 0 bridgehead atoms. The number of rotatable bonds is 5. The Bertz CT molecular complexity index is 1160. The Morgan fingerprint density at radius 2 is 1.53 bits per heavy atom. The zero-order chi connectivity index (χ0) is 20.3. The molecule has 1 aliphatic rings. The molecule has 6 nitrogen and oxygen atoms in total. The minimum atomic E-state index is -0.680. The number of hydrogen-bond acceptors (Lipinski definition) is 4. The molecule has 0 spiro atoms. The zero-order valence-electron chi connectivity index (χ0n) is 16.3. The number of nitrogens with zero attached hydrogens (tertiary/aromatic N) is 4. The predicted octanol–water partition coefficient (Wildman–Crippen LogP) is 3.99. The van der Waals surface area contributed by atoms with Gasteiger partial charge in [-0.05, 0) is 17.7 Å². The molecule has 2 heterocycles. The number of ether oxygens (including phenoxy) is 1. The van der Waals surface area contributed by atoms with Crippen LogP contribution in [-0.2, 0) is 17.9 Å². The molecule has 0 radical (unpaired) electrons. The van der Waals surface area contributed by atoms with Gasteiger partial charge in [0, 0.05) is 5.56 Å². The summed E-state index contributed by atoms with van der Waals surface area (Å²) in [6.45, 7) is 0.964. The quantitative estimate of drug-likeness (QED) is 0.512. The molecule has 3 aromatic carbocycles. The Labute approximate surface area is 174 Å². The van der Waals surface area contributed by atoms with Gasteiger partial charge < -0.3 is 4.74 Å². The van der Waals surface area contributed by atoms with Gasteiger partial charge in [-0.2, -0.15) is 0 Å². The number of amides is 1. The molecule has 1 atom stereocenters. The Hall–Kier alpha value is -3.93. The van der Waals surface area contributed by atoms with Crippen molar-refractivity contribution in [2.75, 3.05) is 4.90 Å². The van der Waals surface area contributed by atoms with Crippen molar-refractivity contribution in [1.29, 1.82) is 0 Å². The van der Waals surface area contributed by atoms with E-state index in [1.54, 1.807) is 9.58 Å². The Morgan fingerprint density at radius 1 is 0.833 bits per heavy atom. The monoisotopic (exact) mass is 396 g/mol. The first-order valence-corrected chi connectivity index (χ1v) is 9.83. The number of hydrogen-bond donors (Lipinski definition) is 0. The molecule has 0 fully saturated rings. The van der Waals surface area contributed by atoms with Crippen LogP contribution in [0.3, 0.4) is 0 Å². The van der Waals surface area contributed by atoms with Gasteiger partial charge in [0.25, 0.3) is 5.91 Å². The molecule has 6 heteroatoms. The van der Waals surface area contributed by atoms with Crippen molar-refractivity contribution in [3.05, 3.63) is 108 Å². The van der Waals surface area contributed by atoms with Crippen LogP contribution in [0.25, 0.3) is 0 Å².